The van der Waals surface area contributed by atoms with Gasteiger partial charge in [0.05, 0.1) is 6.10 Å². The molecule has 5 heteroatoms. The van der Waals surface area contributed by atoms with E-state index in [1.54, 1.807) is 24.3 Å². The Kier molecular flexibility index (Phi) is 5.19. The summed E-state index contributed by atoms with van der Waals surface area (Å²) in [6, 6.07) is 6.88. The number of amides is 2. The second-order valence-electron chi connectivity index (χ2n) is 7.21. The van der Waals surface area contributed by atoms with E-state index < -0.39 is 6.10 Å². The maximum atomic E-state index is 12.1. The van der Waals surface area contributed by atoms with Gasteiger partial charge in [0.25, 0.3) is 5.91 Å². The van der Waals surface area contributed by atoms with Crippen molar-refractivity contribution >= 4 is 17.5 Å². The molecule has 1 aromatic carbocycles. The number of nitrogens with one attached hydrogen (secondary N) is 2. The van der Waals surface area contributed by atoms with E-state index >= 15 is 0 Å². The Balaban J connectivity index is 1.47. The van der Waals surface area contributed by atoms with Crippen molar-refractivity contribution in [3.63, 3.8) is 0 Å². The highest BCUT2D eigenvalue weighted by molar-refractivity contribution is 5.96. The predicted molar refractivity (Wildman–Crippen MR) is 92.6 cm³/mol. The van der Waals surface area contributed by atoms with Gasteiger partial charge in [-0.1, -0.05) is 19.8 Å². The lowest BCUT2D eigenvalue weighted by atomic mass is 10.0. The third-order valence-corrected chi connectivity index (χ3v) is 5.28. The summed E-state index contributed by atoms with van der Waals surface area (Å²) in [5.74, 6) is 0.777. The largest absolute Gasteiger partial charge is 0.391 e. The van der Waals surface area contributed by atoms with E-state index in [2.05, 4.69) is 17.6 Å². The molecule has 0 aliphatic heterocycles. The van der Waals surface area contributed by atoms with Crippen LogP contribution in [0.2, 0.25) is 0 Å². The standard InChI is InChI=1S/C19H26N2O3/c1-12-10-16(12)19(24)21-15-8-6-14(7-9-15)18(23)20-11-17(22)13-4-2-3-5-13/h6-9,12-13,16-17,22H,2-5,10-11H2,1H3,(H,20,23)(H,21,24). The summed E-state index contributed by atoms with van der Waals surface area (Å²) in [6.45, 7) is 2.36. The van der Waals surface area contributed by atoms with Gasteiger partial charge in [-0.15, -0.1) is 0 Å². The Morgan fingerprint density at radius 1 is 1.21 bits per heavy atom. The molecule has 0 saturated heterocycles. The number of aliphatic hydroxyl groups excluding tert-OH is 1. The van der Waals surface area contributed by atoms with Gasteiger partial charge < -0.3 is 15.7 Å². The number of anilines is 1. The highest BCUT2D eigenvalue weighted by atomic mass is 16.3. The first kappa shape index (κ1) is 17.0. The van der Waals surface area contributed by atoms with Gasteiger partial charge in [-0.3, -0.25) is 9.59 Å². The number of carbonyl (C=O) groups excluding carboxylic acids is 2. The zero-order chi connectivity index (χ0) is 17.1. The van der Waals surface area contributed by atoms with Crippen molar-refractivity contribution in [2.45, 2.75) is 45.1 Å². The van der Waals surface area contributed by atoms with E-state index in [4.69, 9.17) is 0 Å². The first-order chi connectivity index (χ1) is 11.5. The monoisotopic (exact) mass is 330 g/mol. The van der Waals surface area contributed by atoms with Gasteiger partial charge in [0.15, 0.2) is 0 Å². The van der Waals surface area contributed by atoms with Crippen molar-refractivity contribution < 1.29 is 14.7 Å². The van der Waals surface area contributed by atoms with E-state index in [1.165, 1.54) is 12.8 Å². The molecule has 3 unspecified atom stereocenters. The highest BCUT2D eigenvalue weighted by Crippen LogP contribution is 2.38. The summed E-state index contributed by atoms with van der Waals surface area (Å²) in [6.07, 6.45) is 4.92. The van der Waals surface area contributed by atoms with Crippen LogP contribution in [0.4, 0.5) is 5.69 Å². The average molecular weight is 330 g/mol. The molecular formula is C19H26N2O3. The van der Waals surface area contributed by atoms with Crippen molar-refractivity contribution in [3.05, 3.63) is 29.8 Å². The molecule has 3 rings (SSSR count). The third kappa shape index (κ3) is 4.15. The first-order valence-corrected chi connectivity index (χ1v) is 8.92. The van der Waals surface area contributed by atoms with Crippen LogP contribution in [-0.4, -0.2) is 29.6 Å². The molecular weight excluding hydrogens is 304 g/mol. The fourth-order valence-electron chi connectivity index (χ4n) is 3.44. The van der Waals surface area contributed by atoms with Crippen molar-refractivity contribution in [1.29, 1.82) is 0 Å². The molecule has 1 aromatic rings. The van der Waals surface area contributed by atoms with Crippen LogP contribution in [0.15, 0.2) is 24.3 Å². The fourth-order valence-corrected chi connectivity index (χ4v) is 3.44. The first-order valence-electron chi connectivity index (χ1n) is 8.92. The van der Waals surface area contributed by atoms with Gasteiger partial charge >= 0.3 is 0 Å². The topological polar surface area (TPSA) is 78.4 Å². The van der Waals surface area contributed by atoms with Gasteiger partial charge in [-0.05, 0) is 55.4 Å². The Bertz CT molecular complexity index is 593. The summed E-state index contributed by atoms with van der Waals surface area (Å²) in [4.78, 5) is 24.0. The smallest absolute Gasteiger partial charge is 0.251 e. The van der Waals surface area contributed by atoms with E-state index in [0.29, 0.717) is 29.6 Å². The molecule has 2 aliphatic carbocycles. The fraction of sp³-hybridized carbons (Fsp3) is 0.579. The van der Waals surface area contributed by atoms with Crippen LogP contribution in [0.1, 0.15) is 49.4 Å². The Labute approximate surface area is 142 Å². The van der Waals surface area contributed by atoms with Crippen LogP contribution in [0.5, 0.6) is 0 Å². The van der Waals surface area contributed by atoms with Gasteiger partial charge in [-0.25, -0.2) is 0 Å². The van der Waals surface area contributed by atoms with Crippen LogP contribution in [-0.2, 0) is 4.79 Å². The molecule has 5 nitrogen and oxygen atoms in total. The molecule has 0 spiro atoms. The normalized spacial score (nSPS) is 24.4. The van der Waals surface area contributed by atoms with Crippen molar-refractivity contribution in [3.8, 4) is 0 Å². The Morgan fingerprint density at radius 2 is 1.83 bits per heavy atom. The Morgan fingerprint density at radius 3 is 2.42 bits per heavy atom. The highest BCUT2D eigenvalue weighted by Gasteiger charge is 2.39. The molecule has 0 heterocycles. The second-order valence-corrected chi connectivity index (χ2v) is 7.21. The minimum absolute atomic E-state index is 0.0550. The quantitative estimate of drug-likeness (QED) is 0.750. The van der Waals surface area contributed by atoms with E-state index in [-0.39, 0.29) is 17.7 Å². The molecule has 2 fully saturated rings. The van der Waals surface area contributed by atoms with E-state index in [9.17, 15) is 14.7 Å². The summed E-state index contributed by atoms with van der Waals surface area (Å²) >= 11 is 0. The molecule has 2 aliphatic rings. The van der Waals surface area contributed by atoms with Crippen molar-refractivity contribution in [2.24, 2.45) is 17.8 Å². The number of hydrogen-bond acceptors (Lipinski definition) is 3. The van der Waals surface area contributed by atoms with Crippen LogP contribution < -0.4 is 10.6 Å². The molecule has 0 aromatic heterocycles. The molecule has 3 atom stereocenters. The number of benzene rings is 1. The molecule has 0 bridgehead atoms. The van der Waals surface area contributed by atoms with Crippen LogP contribution >= 0.6 is 0 Å². The van der Waals surface area contributed by atoms with E-state index in [1.807, 2.05) is 0 Å². The summed E-state index contributed by atoms with van der Waals surface area (Å²) < 4.78 is 0. The zero-order valence-corrected chi connectivity index (χ0v) is 14.1. The molecule has 0 radical (unpaired) electrons. The summed E-state index contributed by atoms with van der Waals surface area (Å²) in [5, 5.41) is 15.8. The van der Waals surface area contributed by atoms with Gasteiger partial charge in [0.1, 0.15) is 0 Å². The summed E-state index contributed by atoms with van der Waals surface area (Å²) in [5.41, 5.74) is 1.24. The van der Waals surface area contributed by atoms with Gasteiger partial charge in [0, 0.05) is 23.7 Å². The predicted octanol–water partition coefficient (Wildman–Crippen LogP) is 2.56. The lowest BCUT2D eigenvalue weighted by Gasteiger charge is -2.18. The minimum atomic E-state index is -0.462. The molecule has 2 saturated carbocycles. The SMILES string of the molecule is CC1CC1C(=O)Nc1ccc(C(=O)NCC(O)C2CCCC2)cc1. The van der Waals surface area contributed by atoms with Gasteiger partial charge in [0.2, 0.25) is 5.91 Å². The number of hydrogen-bond donors (Lipinski definition) is 3. The molecule has 130 valence electrons. The Hall–Kier alpha value is -1.88. The molecule has 2 amide bonds. The average Bonchev–Trinajstić information content (AvgIpc) is 3.09. The maximum Gasteiger partial charge on any atom is 0.251 e. The number of carbonyl (C=O) groups is 2. The maximum absolute atomic E-state index is 12.1. The van der Waals surface area contributed by atoms with E-state index in [0.717, 1.165) is 19.3 Å². The molecule has 24 heavy (non-hydrogen) atoms. The van der Waals surface area contributed by atoms with Crippen molar-refractivity contribution in [1.82, 2.24) is 5.32 Å². The van der Waals surface area contributed by atoms with Crippen LogP contribution in [0.25, 0.3) is 0 Å². The number of rotatable bonds is 6. The number of aliphatic hydroxyl groups is 1. The van der Waals surface area contributed by atoms with Crippen LogP contribution in [0.3, 0.4) is 0 Å². The van der Waals surface area contributed by atoms with Crippen LogP contribution in [0, 0.1) is 17.8 Å². The lowest BCUT2D eigenvalue weighted by molar-refractivity contribution is -0.117. The molecule has 3 N–H and O–H groups in total. The minimum Gasteiger partial charge on any atom is -0.391 e. The van der Waals surface area contributed by atoms with Crippen molar-refractivity contribution in [2.75, 3.05) is 11.9 Å². The zero-order valence-electron chi connectivity index (χ0n) is 14.1. The lowest BCUT2D eigenvalue weighted by Crippen LogP contribution is -2.35. The van der Waals surface area contributed by atoms with Gasteiger partial charge in [-0.2, -0.15) is 0 Å². The second kappa shape index (κ2) is 7.34. The third-order valence-electron chi connectivity index (χ3n) is 5.28. The summed E-state index contributed by atoms with van der Waals surface area (Å²) in [7, 11) is 0.